The van der Waals surface area contributed by atoms with E-state index in [-0.39, 0.29) is 6.10 Å². The van der Waals surface area contributed by atoms with Crippen molar-refractivity contribution in [2.24, 2.45) is 11.1 Å². The lowest BCUT2D eigenvalue weighted by Gasteiger charge is -2.57. The second-order valence-corrected chi connectivity index (χ2v) is 6.79. The van der Waals surface area contributed by atoms with E-state index in [0.717, 1.165) is 6.07 Å². The number of carbonyl (C=O) groups is 2. The molecule has 0 aliphatic heterocycles. The van der Waals surface area contributed by atoms with Gasteiger partial charge >= 0.3 is 0 Å². The molecule has 0 saturated heterocycles. The Labute approximate surface area is 149 Å². The van der Waals surface area contributed by atoms with Crippen molar-refractivity contribution in [3.63, 3.8) is 0 Å². The number of nitrogens with one attached hydrogen (secondary N) is 2. The van der Waals surface area contributed by atoms with E-state index >= 15 is 0 Å². The number of nitrogens with two attached hydrogens (primary N) is 1. The van der Waals surface area contributed by atoms with Gasteiger partial charge in [-0.25, -0.2) is 13.2 Å². The van der Waals surface area contributed by atoms with Crippen LogP contribution in [0.2, 0.25) is 0 Å². The number of anilines is 1. The zero-order chi connectivity index (χ0) is 19.7. The highest BCUT2D eigenvalue weighted by Crippen LogP contribution is 2.49. The quantitative estimate of drug-likeness (QED) is 0.662. The molecule has 0 heterocycles. The maximum absolute atomic E-state index is 13.5. The molecule has 1 saturated carbocycles. The van der Waals surface area contributed by atoms with Gasteiger partial charge in [0, 0.05) is 18.4 Å². The number of halogens is 3. The van der Waals surface area contributed by atoms with Gasteiger partial charge in [0.1, 0.15) is 5.54 Å². The maximum atomic E-state index is 13.5. The molecule has 1 aliphatic carbocycles. The van der Waals surface area contributed by atoms with Crippen LogP contribution < -0.4 is 16.4 Å². The topological polar surface area (TPSA) is 93.4 Å². The van der Waals surface area contributed by atoms with E-state index in [1.807, 2.05) is 6.92 Å². The highest BCUT2D eigenvalue weighted by atomic mass is 19.2. The van der Waals surface area contributed by atoms with Gasteiger partial charge in [0.15, 0.2) is 17.5 Å². The highest BCUT2D eigenvalue weighted by molar-refractivity contribution is 5.97. The molecule has 0 bridgehead atoms. The Morgan fingerprint density at radius 3 is 2.50 bits per heavy atom. The van der Waals surface area contributed by atoms with Crippen LogP contribution in [0.25, 0.3) is 0 Å². The van der Waals surface area contributed by atoms with Crippen molar-refractivity contribution in [2.45, 2.75) is 38.8 Å². The summed E-state index contributed by atoms with van der Waals surface area (Å²) in [5, 5.41) is 4.46. The molecule has 2 unspecified atom stereocenters. The molecular weight excluding hydrogens is 351 g/mol. The van der Waals surface area contributed by atoms with Crippen LogP contribution in [0.3, 0.4) is 0 Å². The van der Waals surface area contributed by atoms with Gasteiger partial charge in [0.25, 0.3) is 0 Å². The molecule has 6 nitrogen and oxygen atoms in total. The Kier molecular flexibility index (Phi) is 5.62. The third kappa shape index (κ3) is 3.41. The Morgan fingerprint density at radius 1 is 1.27 bits per heavy atom. The lowest BCUT2D eigenvalue weighted by atomic mass is 9.54. The second-order valence-electron chi connectivity index (χ2n) is 6.79. The van der Waals surface area contributed by atoms with E-state index in [1.165, 1.54) is 0 Å². The molecule has 1 fully saturated rings. The number of amides is 2. The van der Waals surface area contributed by atoms with Crippen LogP contribution in [-0.4, -0.2) is 36.6 Å². The summed E-state index contributed by atoms with van der Waals surface area (Å²) in [5.74, 6) is -5.91. The minimum atomic E-state index is -1.69. The van der Waals surface area contributed by atoms with Gasteiger partial charge in [-0.15, -0.1) is 0 Å². The third-order valence-corrected chi connectivity index (χ3v) is 4.95. The van der Waals surface area contributed by atoms with Crippen molar-refractivity contribution in [3.05, 3.63) is 29.6 Å². The number of ether oxygens (including phenoxy) is 1. The molecule has 4 N–H and O–H groups in total. The van der Waals surface area contributed by atoms with Crippen molar-refractivity contribution in [3.8, 4) is 0 Å². The largest absolute Gasteiger partial charge is 0.378 e. The van der Waals surface area contributed by atoms with E-state index < -0.39 is 52.5 Å². The fraction of sp³-hybridized carbons (Fsp3) is 0.529. The molecular formula is C17H22F3N3O3. The van der Waals surface area contributed by atoms with E-state index in [1.54, 1.807) is 13.8 Å². The van der Waals surface area contributed by atoms with Gasteiger partial charge in [-0.1, -0.05) is 13.8 Å². The summed E-state index contributed by atoms with van der Waals surface area (Å²) in [4.78, 5) is 24.2. The van der Waals surface area contributed by atoms with Crippen LogP contribution in [0.15, 0.2) is 12.1 Å². The van der Waals surface area contributed by atoms with E-state index in [0.29, 0.717) is 19.1 Å². The first kappa shape index (κ1) is 20.2. The summed E-state index contributed by atoms with van der Waals surface area (Å²) >= 11 is 0. The number of rotatable bonds is 6. The third-order valence-electron chi connectivity index (χ3n) is 4.95. The van der Waals surface area contributed by atoms with Crippen LogP contribution in [-0.2, 0) is 14.3 Å². The van der Waals surface area contributed by atoms with Crippen LogP contribution in [0.4, 0.5) is 18.9 Å². The lowest BCUT2D eigenvalue weighted by molar-refractivity contribution is -0.170. The summed E-state index contributed by atoms with van der Waals surface area (Å²) < 4.78 is 45.1. The maximum Gasteiger partial charge on any atom is 0.243 e. The first-order valence-electron chi connectivity index (χ1n) is 8.16. The number of hydrogen-bond acceptors (Lipinski definition) is 4. The Bertz CT molecular complexity index is 727. The van der Waals surface area contributed by atoms with Gasteiger partial charge in [-0.2, -0.15) is 0 Å². The second kappa shape index (κ2) is 7.24. The van der Waals surface area contributed by atoms with Gasteiger partial charge in [-0.05, 0) is 19.1 Å². The van der Waals surface area contributed by atoms with Crippen LogP contribution in [0.1, 0.15) is 27.2 Å². The SMILES string of the molecule is CCOC1CC(N)(C(=O)NCC(=O)Nc2ccc(F)c(F)c2F)C1(C)C. The van der Waals surface area contributed by atoms with Crippen LogP contribution in [0.5, 0.6) is 0 Å². The Hall–Kier alpha value is -2.13. The zero-order valence-electron chi connectivity index (χ0n) is 14.8. The predicted molar refractivity (Wildman–Crippen MR) is 88.7 cm³/mol. The lowest BCUT2D eigenvalue weighted by Crippen LogP contribution is -2.76. The number of benzene rings is 1. The van der Waals surface area contributed by atoms with Crippen molar-refractivity contribution in [1.82, 2.24) is 5.32 Å². The Balaban J connectivity index is 1.94. The van der Waals surface area contributed by atoms with Crippen molar-refractivity contribution in [1.29, 1.82) is 0 Å². The molecule has 1 aromatic rings. The molecule has 144 valence electrons. The standard InChI is InChI=1S/C17H22F3N3O3/c1-4-26-11-7-17(21,16(11,2)3)15(25)22-8-12(24)23-10-6-5-9(18)13(19)14(10)20/h5-6,11H,4,7-8,21H2,1-3H3,(H,22,25)(H,23,24). The summed E-state index contributed by atoms with van der Waals surface area (Å²) in [6, 6.07) is 1.58. The Morgan fingerprint density at radius 2 is 1.92 bits per heavy atom. The highest BCUT2D eigenvalue weighted by Gasteiger charge is 2.62. The molecule has 0 aromatic heterocycles. The fourth-order valence-electron chi connectivity index (χ4n) is 2.96. The van der Waals surface area contributed by atoms with E-state index in [2.05, 4.69) is 10.6 Å². The first-order valence-corrected chi connectivity index (χ1v) is 8.16. The molecule has 26 heavy (non-hydrogen) atoms. The average molecular weight is 373 g/mol. The van der Waals surface area contributed by atoms with Gasteiger partial charge in [0.2, 0.25) is 11.8 Å². The zero-order valence-corrected chi connectivity index (χ0v) is 14.8. The number of hydrogen-bond donors (Lipinski definition) is 3. The minimum absolute atomic E-state index is 0.173. The molecule has 2 atom stereocenters. The number of carbonyl (C=O) groups excluding carboxylic acids is 2. The smallest absolute Gasteiger partial charge is 0.243 e. The van der Waals surface area contributed by atoms with E-state index in [4.69, 9.17) is 10.5 Å². The van der Waals surface area contributed by atoms with Gasteiger partial charge in [-0.3, -0.25) is 9.59 Å². The summed E-state index contributed by atoms with van der Waals surface area (Å²) in [6.07, 6.45) is 0.132. The predicted octanol–water partition coefficient (Wildman–Crippen LogP) is 1.69. The molecule has 2 rings (SSSR count). The van der Waals surface area contributed by atoms with Gasteiger partial charge in [0.05, 0.1) is 18.3 Å². The summed E-state index contributed by atoms with van der Waals surface area (Å²) in [5.41, 5.74) is 3.81. The minimum Gasteiger partial charge on any atom is -0.378 e. The molecule has 1 aromatic carbocycles. The average Bonchev–Trinajstić information content (AvgIpc) is 2.59. The van der Waals surface area contributed by atoms with Crippen LogP contribution in [0, 0.1) is 22.9 Å². The van der Waals surface area contributed by atoms with Gasteiger partial charge < -0.3 is 21.1 Å². The fourth-order valence-corrected chi connectivity index (χ4v) is 2.96. The molecule has 1 aliphatic rings. The molecule has 2 amide bonds. The monoisotopic (exact) mass is 373 g/mol. The van der Waals surface area contributed by atoms with Crippen molar-refractivity contribution >= 4 is 17.5 Å². The summed E-state index contributed by atoms with van der Waals surface area (Å²) in [7, 11) is 0. The summed E-state index contributed by atoms with van der Waals surface area (Å²) in [6.45, 7) is 5.44. The van der Waals surface area contributed by atoms with Crippen molar-refractivity contribution < 1.29 is 27.5 Å². The van der Waals surface area contributed by atoms with Crippen LogP contribution >= 0.6 is 0 Å². The normalized spacial score (nSPS) is 23.9. The molecule has 9 heteroatoms. The van der Waals surface area contributed by atoms with E-state index in [9.17, 15) is 22.8 Å². The van der Waals surface area contributed by atoms with Crippen molar-refractivity contribution in [2.75, 3.05) is 18.5 Å². The molecule has 0 radical (unpaired) electrons. The first-order chi connectivity index (χ1) is 12.0. The molecule has 0 spiro atoms.